The molecule has 0 unspecified atom stereocenters. The Hall–Kier alpha value is -2.29. The minimum Gasteiger partial charge on any atom is -0.508 e. The molecule has 2 rings (SSSR count). The molecule has 0 aliphatic carbocycles. The number of aromatic nitrogens is 1. The molecular weight excluding hydrogens is 212 g/mol. The van der Waals surface area contributed by atoms with E-state index in [0.717, 1.165) is 22.3 Å². The zero-order valence-corrected chi connectivity index (χ0v) is 9.64. The van der Waals surface area contributed by atoms with Crippen LogP contribution in [0.3, 0.4) is 0 Å². The number of phenolic OH excluding ortho intramolecular Hbond substituents is 1. The van der Waals surface area contributed by atoms with Crippen LogP contribution in [-0.2, 0) is 0 Å². The van der Waals surface area contributed by atoms with Crippen LogP contribution in [0.5, 0.6) is 5.75 Å². The van der Waals surface area contributed by atoms with Crippen molar-refractivity contribution in [1.29, 1.82) is 0 Å². The Morgan fingerprint density at radius 2 is 2.06 bits per heavy atom. The second-order valence-corrected chi connectivity index (χ2v) is 3.99. The number of benzene rings is 1. The van der Waals surface area contributed by atoms with Gasteiger partial charge in [0.05, 0.1) is 0 Å². The van der Waals surface area contributed by atoms with Crippen molar-refractivity contribution in [3.8, 4) is 16.9 Å². The van der Waals surface area contributed by atoms with Crippen LogP contribution in [0.4, 0.5) is 0 Å². The molecule has 86 valence electrons. The van der Waals surface area contributed by atoms with E-state index in [0.29, 0.717) is 5.70 Å². The van der Waals surface area contributed by atoms with Gasteiger partial charge in [0.1, 0.15) is 5.75 Å². The van der Waals surface area contributed by atoms with Gasteiger partial charge in [-0.25, -0.2) is 0 Å². The van der Waals surface area contributed by atoms with Crippen molar-refractivity contribution >= 4 is 5.70 Å². The first-order chi connectivity index (χ1) is 8.08. The molecule has 0 aliphatic heterocycles. The maximum atomic E-state index is 9.38. The molecule has 3 N–H and O–H groups in total. The standard InChI is InChI=1S/C14H14N2O/c1-9-5-13(17)3-4-14(9)12-6-11(10(2)15)7-16-8-12/h3-8,17H,2,15H2,1H3. The monoisotopic (exact) mass is 226 g/mol. The van der Waals surface area contributed by atoms with Gasteiger partial charge in [0.25, 0.3) is 0 Å². The summed E-state index contributed by atoms with van der Waals surface area (Å²) >= 11 is 0. The van der Waals surface area contributed by atoms with Crippen LogP contribution in [0, 0.1) is 6.92 Å². The zero-order chi connectivity index (χ0) is 12.4. The first-order valence-corrected chi connectivity index (χ1v) is 5.27. The van der Waals surface area contributed by atoms with E-state index >= 15 is 0 Å². The molecular formula is C14H14N2O. The maximum Gasteiger partial charge on any atom is 0.115 e. The highest BCUT2D eigenvalue weighted by molar-refractivity contribution is 5.71. The highest BCUT2D eigenvalue weighted by Gasteiger charge is 2.04. The largest absolute Gasteiger partial charge is 0.508 e. The van der Waals surface area contributed by atoms with Crippen LogP contribution in [0.1, 0.15) is 11.1 Å². The fourth-order valence-electron chi connectivity index (χ4n) is 1.73. The van der Waals surface area contributed by atoms with E-state index in [1.165, 1.54) is 0 Å². The van der Waals surface area contributed by atoms with Crippen LogP contribution < -0.4 is 5.73 Å². The lowest BCUT2D eigenvalue weighted by atomic mass is 10.0. The molecule has 3 heteroatoms. The van der Waals surface area contributed by atoms with E-state index < -0.39 is 0 Å². The number of hydrogen-bond donors (Lipinski definition) is 2. The van der Waals surface area contributed by atoms with Gasteiger partial charge in [0.2, 0.25) is 0 Å². The molecule has 1 aromatic carbocycles. The molecule has 0 spiro atoms. The lowest BCUT2D eigenvalue weighted by Gasteiger charge is -2.08. The normalized spacial score (nSPS) is 10.2. The average molecular weight is 226 g/mol. The summed E-state index contributed by atoms with van der Waals surface area (Å²) in [6.45, 7) is 5.64. The molecule has 0 bridgehead atoms. The summed E-state index contributed by atoms with van der Waals surface area (Å²) in [4.78, 5) is 4.14. The van der Waals surface area contributed by atoms with Crippen molar-refractivity contribution in [2.75, 3.05) is 0 Å². The van der Waals surface area contributed by atoms with Gasteiger partial charge in [0.15, 0.2) is 0 Å². The number of rotatable bonds is 2. The molecule has 2 aromatic rings. The molecule has 0 amide bonds. The second-order valence-electron chi connectivity index (χ2n) is 3.99. The Kier molecular flexibility index (Phi) is 2.83. The van der Waals surface area contributed by atoms with Gasteiger partial charge >= 0.3 is 0 Å². The Morgan fingerprint density at radius 3 is 2.71 bits per heavy atom. The molecule has 0 aliphatic rings. The Morgan fingerprint density at radius 1 is 1.29 bits per heavy atom. The van der Waals surface area contributed by atoms with E-state index in [4.69, 9.17) is 5.73 Å². The molecule has 0 atom stereocenters. The first kappa shape index (κ1) is 11.2. The average Bonchev–Trinajstić information content (AvgIpc) is 2.29. The summed E-state index contributed by atoms with van der Waals surface area (Å²) in [5.74, 6) is 0.263. The summed E-state index contributed by atoms with van der Waals surface area (Å²) in [5, 5.41) is 9.38. The predicted molar refractivity (Wildman–Crippen MR) is 69.3 cm³/mol. The van der Waals surface area contributed by atoms with Crippen LogP contribution in [0.15, 0.2) is 43.2 Å². The Labute approximate surface area is 100 Å². The Bertz CT molecular complexity index is 576. The van der Waals surface area contributed by atoms with Gasteiger partial charge in [0, 0.05) is 29.2 Å². The fourth-order valence-corrected chi connectivity index (χ4v) is 1.73. The van der Waals surface area contributed by atoms with Gasteiger partial charge in [-0.05, 0) is 36.2 Å². The summed E-state index contributed by atoms with van der Waals surface area (Å²) in [7, 11) is 0. The number of pyridine rings is 1. The van der Waals surface area contributed by atoms with E-state index in [1.807, 2.05) is 19.1 Å². The van der Waals surface area contributed by atoms with Crippen molar-refractivity contribution in [2.24, 2.45) is 5.73 Å². The van der Waals surface area contributed by atoms with Crippen LogP contribution >= 0.6 is 0 Å². The summed E-state index contributed by atoms with van der Waals surface area (Å²) in [5.41, 5.74) is 9.94. The topological polar surface area (TPSA) is 59.1 Å². The van der Waals surface area contributed by atoms with Gasteiger partial charge in [-0.1, -0.05) is 12.6 Å². The van der Waals surface area contributed by atoms with E-state index in [9.17, 15) is 5.11 Å². The summed E-state index contributed by atoms with van der Waals surface area (Å²) in [6.07, 6.45) is 3.45. The van der Waals surface area contributed by atoms with Gasteiger partial charge in [-0.3, -0.25) is 4.98 Å². The smallest absolute Gasteiger partial charge is 0.115 e. The molecule has 17 heavy (non-hydrogen) atoms. The van der Waals surface area contributed by atoms with Gasteiger partial charge in [-0.2, -0.15) is 0 Å². The molecule has 3 nitrogen and oxygen atoms in total. The molecule has 0 saturated heterocycles. The van der Waals surface area contributed by atoms with E-state index in [1.54, 1.807) is 24.5 Å². The molecule has 0 fully saturated rings. The molecule has 0 radical (unpaired) electrons. The number of aryl methyl sites for hydroxylation is 1. The summed E-state index contributed by atoms with van der Waals surface area (Å²) in [6, 6.07) is 7.19. The minimum absolute atomic E-state index is 0.263. The van der Waals surface area contributed by atoms with E-state index in [-0.39, 0.29) is 5.75 Å². The molecule has 1 aromatic heterocycles. The van der Waals surface area contributed by atoms with E-state index in [2.05, 4.69) is 11.6 Å². The van der Waals surface area contributed by atoms with Crippen LogP contribution in [-0.4, -0.2) is 10.1 Å². The third-order valence-corrected chi connectivity index (χ3v) is 2.63. The van der Waals surface area contributed by atoms with Crippen molar-refractivity contribution < 1.29 is 5.11 Å². The SMILES string of the molecule is C=C(N)c1cncc(-c2ccc(O)cc2C)c1. The van der Waals surface area contributed by atoms with Crippen molar-refractivity contribution in [3.05, 3.63) is 54.4 Å². The number of nitrogens with two attached hydrogens (primary N) is 1. The first-order valence-electron chi connectivity index (χ1n) is 5.27. The third-order valence-electron chi connectivity index (χ3n) is 2.63. The Balaban J connectivity index is 2.53. The van der Waals surface area contributed by atoms with Crippen molar-refractivity contribution in [1.82, 2.24) is 4.98 Å². The second kappa shape index (κ2) is 4.29. The quantitative estimate of drug-likeness (QED) is 0.827. The van der Waals surface area contributed by atoms with Crippen molar-refractivity contribution in [3.63, 3.8) is 0 Å². The lowest BCUT2D eigenvalue weighted by Crippen LogP contribution is -1.95. The van der Waals surface area contributed by atoms with Crippen LogP contribution in [0.25, 0.3) is 16.8 Å². The molecule has 1 heterocycles. The number of nitrogens with zero attached hydrogens (tertiary/aromatic N) is 1. The maximum absolute atomic E-state index is 9.38. The number of aromatic hydroxyl groups is 1. The summed E-state index contributed by atoms with van der Waals surface area (Å²) < 4.78 is 0. The predicted octanol–water partition coefficient (Wildman–Crippen LogP) is 2.69. The highest BCUT2D eigenvalue weighted by atomic mass is 16.3. The number of hydrogen-bond acceptors (Lipinski definition) is 3. The van der Waals surface area contributed by atoms with Gasteiger partial charge in [-0.15, -0.1) is 0 Å². The van der Waals surface area contributed by atoms with Gasteiger partial charge < -0.3 is 10.8 Å². The zero-order valence-electron chi connectivity index (χ0n) is 9.64. The highest BCUT2D eigenvalue weighted by Crippen LogP contribution is 2.26. The minimum atomic E-state index is 0.263. The third kappa shape index (κ3) is 2.28. The van der Waals surface area contributed by atoms with Crippen LogP contribution in [0.2, 0.25) is 0 Å². The number of phenols is 1. The van der Waals surface area contributed by atoms with Crippen molar-refractivity contribution in [2.45, 2.75) is 6.92 Å². The lowest BCUT2D eigenvalue weighted by molar-refractivity contribution is 0.475. The fraction of sp³-hybridized carbons (Fsp3) is 0.0714. The molecule has 0 saturated carbocycles.